The first kappa shape index (κ1) is 12.8. The molecule has 0 aliphatic carbocycles. The van der Waals surface area contributed by atoms with Crippen LogP contribution in [0.15, 0.2) is 18.2 Å². The first-order valence-electron chi connectivity index (χ1n) is 6.87. The monoisotopic (exact) mass is 262 g/mol. The van der Waals surface area contributed by atoms with E-state index in [9.17, 15) is 0 Å². The number of rotatable bonds is 3. The third-order valence-corrected chi connectivity index (χ3v) is 4.05. The molecule has 0 saturated carbocycles. The molecule has 19 heavy (non-hydrogen) atoms. The highest BCUT2D eigenvalue weighted by Gasteiger charge is 2.32. The number of benzene rings is 1. The van der Waals surface area contributed by atoms with E-state index in [2.05, 4.69) is 43.2 Å². The Morgan fingerprint density at radius 2 is 2.11 bits per heavy atom. The largest absolute Gasteiger partial charge is 0.454 e. The van der Waals surface area contributed by atoms with Crippen LogP contribution in [0.1, 0.15) is 25.8 Å². The van der Waals surface area contributed by atoms with Crippen LogP contribution in [0.4, 0.5) is 0 Å². The van der Waals surface area contributed by atoms with Gasteiger partial charge in [0, 0.05) is 24.7 Å². The number of likely N-dealkylation sites (N-methyl/N-ethyl adjacent to an activating group) is 1. The molecule has 0 bridgehead atoms. The fraction of sp³-hybridized carbons (Fsp3) is 0.600. The lowest BCUT2D eigenvalue weighted by atomic mass is 10.0. The lowest BCUT2D eigenvalue weighted by molar-refractivity contribution is 0.174. The van der Waals surface area contributed by atoms with Gasteiger partial charge in [-0.2, -0.15) is 0 Å². The van der Waals surface area contributed by atoms with Crippen molar-refractivity contribution >= 4 is 0 Å². The Labute approximate surface area is 114 Å². The van der Waals surface area contributed by atoms with Gasteiger partial charge >= 0.3 is 0 Å². The van der Waals surface area contributed by atoms with E-state index in [0.29, 0.717) is 12.8 Å². The van der Waals surface area contributed by atoms with Crippen molar-refractivity contribution in [3.63, 3.8) is 0 Å². The molecule has 3 rings (SSSR count). The van der Waals surface area contributed by atoms with Crippen molar-refractivity contribution in [2.45, 2.75) is 38.4 Å². The zero-order valence-corrected chi connectivity index (χ0v) is 11.9. The van der Waals surface area contributed by atoms with Crippen LogP contribution in [0, 0.1) is 0 Å². The molecule has 2 heterocycles. The highest BCUT2D eigenvalue weighted by atomic mass is 16.7. The maximum atomic E-state index is 5.43. The number of fused-ring (bicyclic) bond motifs is 1. The summed E-state index contributed by atoms with van der Waals surface area (Å²) < 4.78 is 10.8. The molecule has 1 atom stereocenters. The molecule has 1 fully saturated rings. The second-order valence-corrected chi connectivity index (χ2v) is 6.23. The van der Waals surface area contributed by atoms with Gasteiger partial charge in [0.15, 0.2) is 11.5 Å². The fourth-order valence-electron chi connectivity index (χ4n) is 2.90. The number of ether oxygens (including phenoxy) is 2. The normalized spacial score (nSPS) is 24.1. The summed E-state index contributed by atoms with van der Waals surface area (Å²) in [6.07, 6.45) is 1.19. The number of hydrogen-bond donors (Lipinski definition) is 1. The zero-order valence-electron chi connectivity index (χ0n) is 11.9. The minimum Gasteiger partial charge on any atom is -0.454 e. The van der Waals surface area contributed by atoms with Gasteiger partial charge in [0.2, 0.25) is 6.79 Å². The van der Waals surface area contributed by atoms with Gasteiger partial charge in [0.25, 0.3) is 0 Å². The third-order valence-electron chi connectivity index (χ3n) is 4.05. The Morgan fingerprint density at radius 3 is 2.84 bits per heavy atom. The predicted molar refractivity (Wildman–Crippen MR) is 74.5 cm³/mol. The average Bonchev–Trinajstić information content (AvgIpc) is 2.94. The number of nitrogens with one attached hydrogen (secondary N) is 1. The van der Waals surface area contributed by atoms with E-state index in [1.807, 2.05) is 6.07 Å². The molecule has 0 aromatic heterocycles. The van der Waals surface area contributed by atoms with Gasteiger partial charge < -0.3 is 14.8 Å². The second-order valence-electron chi connectivity index (χ2n) is 6.23. The van der Waals surface area contributed by atoms with E-state index in [-0.39, 0.29) is 5.54 Å². The first-order chi connectivity index (χ1) is 9.03. The van der Waals surface area contributed by atoms with E-state index in [1.165, 1.54) is 12.0 Å². The Bertz CT molecular complexity index is 473. The van der Waals surface area contributed by atoms with Crippen molar-refractivity contribution in [2.24, 2.45) is 0 Å². The Hall–Kier alpha value is -1.26. The minimum absolute atomic E-state index is 0.258. The van der Waals surface area contributed by atoms with E-state index in [0.717, 1.165) is 24.6 Å². The molecule has 1 saturated heterocycles. The van der Waals surface area contributed by atoms with Crippen molar-refractivity contribution < 1.29 is 9.47 Å². The van der Waals surface area contributed by atoms with Crippen molar-refractivity contribution in [2.75, 3.05) is 20.4 Å². The van der Waals surface area contributed by atoms with E-state index in [1.54, 1.807) is 0 Å². The van der Waals surface area contributed by atoms with Gasteiger partial charge in [-0.05, 0) is 45.0 Å². The molecular formula is C15H22N2O2. The zero-order chi connectivity index (χ0) is 13.5. The molecule has 104 valence electrons. The van der Waals surface area contributed by atoms with Crippen LogP contribution >= 0.6 is 0 Å². The van der Waals surface area contributed by atoms with Gasteiger partial charge in [0.05, 0.1) is 0 Å². The fourth-order valence-corrected chi connectivity index (χ4v) is 2.90. The molecule has 4 heteroatoms. The van der Waals surface area contributed by atoms with Crippen LogP contribution in [-0.2, 0) is 6.54 Å². The smallest absolute Gasteiger partial charge is 0.231 e. The van der Waals surface area contributed by atoms with Crippen LogP contribution in [0.2, 0.25) is 0 Å². The van der Waals surface area contributed by atoms with E-state index in [4.69, 9.17) is 9.47 Å². The SMILES string of the molecule is CN(Cc1ccc2c(c1)OCO2)C1CNC(C)(C)C1. The predicted octanol–water partition coefficient (Wildman–Crippen LogP) is 1.99. The summed E-state index contributed by atoms with van der Waals surface area (Å²) in [7, 11) is 2.19. The maximum absolute atomic E-state index is 5.43. The summed E-state index contributed by atoms with van der Waals surface area (Å²) >= 11 is 0. The second kappa shape index (κ2) is 4.69. The summed E-state index contributed by atoms with van der Waals surface area (Å²) in [5.74, 6) is 1.73. The van der Waals surface area contributed by atoms with Crippen molar-refractivity contribution in [1.29, 1.82) is 0 Å². The highest BCUT2D eigenvalue weighted by molar-refractivity contribution is 5.44. The number of nitrogens with zero attached hydrogens (tertiary/aromatic N) is 1. The molecule has 1 N–H and O–H groups in total. The Kier molecular flexibility index (Phi) is 3.15. The molecule has 2 aliphatic rings. The molecule has 1 aromatic rings. The summed E-state index contributed by atoms with van der Waals surface area (Å²) in [4.78, 5) is 2.42. The summed E-state index contributed by atoms with van der Waals surface area (Å²) in [5.41, 5.74) is 1.53. The van der Waals surface area contributed by atoms with Crippen molar-refractivity contribution in [3.8, 4) is 11.5 Å². The highest BCUT2D eigenvalue weighted by Crippen LogP contribution is 2.33. The Morgan fingerprint density at radius 1 is 1.32 bits per heavy atom. The van der Waals surface area contributed by atoms with Crippen molar-refractivity contribution in [1.82, 2.24) is 10.2 Å². The molecule has 0 amide bonds. The van der Waals surface area contributed by atoms with Crippen LogP contribution in [-0.4, -0.2) is 36.9 Å². The van der Waals surface area contributed by atoms with Crippen molar-refractivity contribution in [3.05, 3.63) is 23.8 Å². The maximum Gasteiger partial charge on any atom is 0.231 e. The quantitative estimate of drug-likeness (QED) is 0.903. The van der Waals surface area contributed by atoms with Crippen LogP contribution in [0.3, 0.4) is 0 Å². The average molecular weight is 262 g/mol. The topological polar surface area (TPSA) is 33.7 Å². The Balaban J connectivity index is 1.65. The van der Waals surface area contributed by atoms with Gasteiger partial charge in [-0.15, -0.1) is 0 Å². The summed E-state index contributed by atoms with van der Waals surface area (Å²) in [6, 6.07) is 6.81. The summed E-state index contributed by atoms with van der Waals surface area (Å²) in [5, 5.41) is 3.57. The summed E-state index contributed by atoms with van der Waals surface area (Å²) in [6.45, 7) is 6.88. The molecule has 0 spiro atoms. The molecule has 4 nitrogen and oxygen atoms in total. The third kappa shape index (κ3) is 2.69. The number of hydrogen-bond acceptors (Lipinski definition) is 4. The lowest BCUT2D eigenvalue weighted by Crippen LogP contribution is -2.32. The van der Waals surface area contributed by atoms with Gasteiger partial charge in [-0.3, -0.25) is 4.90 Å². The van der Waals surface area contributed by atoms with Gasteiger partial charge in [-0.1, -0.05) is 6.07 Å². The lowest BCUT2D eigenvalue weighted by Gasteiger charge is -2.25. The van der Waals surface area contributed by atoms with E-state index >= 15 is 0 Å². The van der Waals surface area contributed by atoms with Gasteiger partial charge in [0.1, 0.15) is 0 Å². The van der Waals surface area contributed by atoms with Crippen LogP contribution in [0.25, 0.3) is 0 Å². The van der Waals surface area contributed by atoms with Crippen LogP contribution < -0.4 is 14.8 Å². The molecule has 1 unspecified atom stereocenters. The molecule has 2 aliphatic heterocycles. The molecular weight excluding hydrogens is 240 g/mol. The first-order valence-corrected chi connectivity index (χ1v) is 6.87. The van der Waals surface area contributed by atoms with Gasteiger partial charge in [-0.25, -0.2) is 0 Å². The molecule has 0 radical (unpaired) electrons. The van der Waals surface area contributed by atoms with Crippen LogP contribution in [0.5, 0.6) is 11.5 Å². The van der Waals surface area contributed by atoms with E-state index < -0.39 is 0 Å². The molecule has 1 aromatic carbocycles. The minimum atomic E-state index is 0.258. The standard InChI is InChI=1S/C15H22N2O2/c1-15(2)7-12(8-16-15)17(3)9-11-4-5-13-14(6-11)19-10-18-13/h4-6,12,16H,7-10H2,1-3H3.